The first-order valence-corrected chi connectivity index (χ1v) is 8.96. The summed E-state index contributed by atoms with van der Waals surface area (Å²) in [6.45, 7) is 2.05. The van der Waals surface area contributed by atoms with Crippen molar-refractivity contribution in [3.63, 3.8) is 0 Å². The Morgan fingerprint density at radius 1 is 0.818 bits per heavy atom. The van der Waals surface area contributed by atoms with Crippen LogP contribution in [-0.4, -0.2) is 22.2 Å². The molecule has 0 unspecified atom stereocenters. The predicted molar refractivity (Wildman–Crippen MR) is 84.7 cm³/mol. The van der Waals surface area contributed by atoms with E-state index < -0.39 is 22.8 Å². The Morgan fingerprint density at radius 3 is 1.45 bits per heavy atom. The lowest BCUT2D eigenvalue weighted by Gasteiger charge is -2.50. The molecule has 0 heterocycles. The quantitative estimate of drug-likeness (QED) is 0.759. The molecule has 4 nitrogen and oxygen atoms in total. The molecule has 2 saturated carbocycles. The number of carbonyl (C=O) groups is 2. The van der Waals surface area contributed by atoms with Crippen LogP contribution < -0.4 is 0 Å². The van der Waals surface area contributed by atoms with Crippen molar-refractivity contribution in [3.05, 3.63) is 0 Å². The maximum absolute atomic E-state index is 12.2. The molecule has 0 atom stereocenters. The summed E-state index contributed by atoms with van der Waals surface area (Å²) in [6, 6.07) is 0. The SMILES string of the molecule is CCCC(C1(C(=O)O)CCCCC1)C1(C(=O)O)CCCCC1. The molecule has 0 aliphatic heterocycles. The zero-order valence-electron chi connectivity index (χ0n) is 13.8. The fraction of sp³-hybridized carbons (Fsp3) is 0.889. The molecule has 2 fully saturated rings. The number of hydrogen-bond donors (Lipinski definition) is 2. The van der Waals surface area contributed by atoms with Gasteiger partial charge in [-0.25, -0.2) is 0 Å². The lowest BCUT2D eigenvalue weighted by Crippen LogP contribution is -2.52. The van der Waals surface area contributed by atoms with Gasteiger partial charge in [0, 0.05) is 0 Å². The van der Waals surface area contributed by atoms with E-state index in [9.17, 15) is 19.8 Å². The molecule has 0 aromatic rings. The van der Waals surface area contributed by atoms with Crippen LogP contribution in [0.25, 0.3) is 0 Å². The zero-order chi connectivity index (χ0) is 16.2. The standard InChI is InChI=1S/C18H30O4/c1-2-9-14(17(15(19)20)10-5-3-6-11-17)18(16(21)22)12-7-4-8-13-18/h14H,2-13H2,1H3,(H,19,20)(H,21,22). The number of carboxylic acids is 2. The fourth-order valence-corrected chi connectivity index (χ4v) is 5.16. The van der Waals surface area contributed by atoms with E-state index in [1.807, 2.05) is 6.92 Å². The van der Waals surface area contributed by atoms with Gasteiger partial charge in [0.15, 0.2) is 0 Å². The van der Waals surface area contributed by atoms with Gasteiger partial charge in [-0.3, -0.25) is 9.59 Å². The van der Waals surface area contributed by atoms with Crippen LogP contribution >= 0.6 is 0 Å². The minimum Gasteiger partial charge on any atom is -0.481 e. The van der Waals surface area contributed by atoms with Gasteiger partial charge < -0.3 is 10.2 Å². The third-order valence-corrected chi connectivity index (χ3v) is 6.25. The Morgan fingerprint density at radius 2 is 1.18 bits per heavy atom. The first-order valence-electron chi connectivity index (χ1n) is 8.96. The minimum atomic E-state index is -0.815. The van der Waals surface area contributed by atoms with Crippen LogP contribution in [0.5, 0.6) is 0 Å². The fourth-order valence-electron chi connectivity index (χ4n) is 5.16. The van der Waals surface area contributed by atoms with Crippen molar-refractivity contribution in [1.29, 1.82) is 0 Å². The van der Waals surface area contributed by atoms with Gasteiger partial charge in [-0.2, -0.15) is 0 Å². The van der Waals surface area contributed by atoms with E-state index in [-0.39, 0.29) is 5.92 Å². The molecule has 0 aromatic heterocycles. The maximum atomic E-state index is 12.2. The van der Waals surface area contributed by atoms with E-state index >= 15 is 0 Å². The minimum absolute atomic E-state index is 0.222. The molecule has 126 valence electrons. The van der Waals surface area contributed by atoms with E-state index in [1.165, 1.54) is 0 Å². The van der Waals surface area contributed by atoms with Crippen molar-refractivity contribution in [2.24, 2.45) is 16.7 Å². The number of rotatable bonds is 6. The topological polar surface area (TPSA) is 74.6 Å². The predicted octanol–water partition coefficient (Wildman–Crippen LogP) is 4.47. The number of aliphatic carboxylic acids is 2. The molecule has 2 aliphatic carbocycles. The summed E-state index contributed by atoms with van der Waals surface area (Å²) in [5.74, 6) is -1.73. The van der Waals surface area contributed by atoms with Crippen molar-refractivity contribution in [1.82, 2.24) is 0 Å². The van der Waals surface area contributed by atoms with Crippen molar-refractivity contribution >= 4 is 11.9 Å². The average Bonchev–Trinajstić information content (AvgIpc) is 2.53. The highest BCUT2D eigenvalue weighted by Gasteiger charge is 2.57. The van der Waals surface area contributed by atoms with Crippen molar-refractivity contribution in [3.8, 4) is 0 Å². The van der Waals surface area contributed by atoms with Gasteiger partial charge in [-0.1, -0.05) is 51.9 Å². The normalized spacial score (nSPS) is 24.1. The summed E-state index contributed by atoms with van der Waals surface area (Å²) >= 11 is 0. The zero-order valence-corrected chi connectivity index (χ0v) is 13.8. The van der Waals surface area contributed by atoms with E-state index in [0.717, 1.165) is 51.4 Å². The van der Waals surface area contributed by atoms with Gasteiger partial charge in [-0.05, 0) is 38.0 Å². The Hall–Kier alpha value is -1.06. The van der Waals surface area contributed by atoms with Crippen LogP contribution in [0, 0.1) is 16.7 Å². The monoisotopic (exact) mass is 310 g/mol. The van der Waals surface area contributed by atoms with Gasteiger partial charge in [0.1, 0.15) is 0 Å². The summed E-state index contributed by atoms with van der Waals surface area (Å²) in [6.07, 6.45) is 10.0. The van der Waals surface area contributed by atoms with Crippen LogP contribution in [0.4, 0.5) is 0 Å². The second kappa shape index (κ2) is 7.01. The molecule has 0 saturated heterocycles. The molecule has 0 spiro atoms. The molecule has 2 N–H and O–H groups in total. The molecular weight excluding hydrogens is 280 g/mol. The molecule has 4 heteroatoms. The molecule has 2 aliphatic rings. The van der Waals surface area contributed by atoms with Crippen molar-refractivity contribution in [2.45, 2.75) is 84.0 Å². The van der Waals surface area contributed by atoms with Gasteiger partial charge in [0.05, 0.1) is 10.8 Å². The Balaban J connectivity index is 2.45. The molecule has 22 heavy (non-hydrogen) atoms. The smallest absolute Gasteiger partial charge is 0.309 e. The molecule has 0 bridgehead atoms. The van der Waals surface area contributed by atoms with Crippen LogP contribution in [0.1, 0.15) is 84.0 Å². The number of carboxylic acid groups (broad SMARTS) is 2. The molecule has 0 radical (unpaired) electrons. The van der Waals surface area contributed by atoms with Crippen LogP contribution in [0.3, 0.4) is 0 Å². The van der Waals surface area contributed by atoms with Crippen LogP contribution in [-0.2, 0) is 9.59 Å². The Kier molecular flexibility index (Phi) is 5.51. The lowest BCUT2D eigenvalue weighted by atomic mass is 9.52. The molecule has 0 amide bonds. The van der Waals surface area contributed by atoms with E-state index in [2.05, 4.69) is 0 Å². The second-order valence-corrected chi connectivity index (χ2v) is 7.39. The maximum Gasteiger partial charge on any atom is 0.309 e. The van der Waals surface area contributed by atoms with Gasteiger partial charge >= 0.3 is 11.9 Å². The first kappa shape index (κ1) is 17.3. The summed E-state index contributed by atoms with van der Waals surface area (Å²) in [5, 5.41) is 20.0. The Labute approximate surface area is 133 Å². The van der Waals surface area contributed by atoms with Crippen LogP contribution in [0.2, 0.25) is 0 Å². The van der Waals surface area contributed by atoms with Gasteiger partial charge in [-0.15, -0.1) is 0 Å². The highest BCUT2D eigenvalue weighted by Crippen LogP contribution is 2.56. The van der Waals surface area contributed by atoms with Crippen molar-refractivity contribution in [2.75, 3.05) is 0 Å². The molecular formula is C18H30O4. The molecule has 0 aromatic carbocycles. The molecule has 2 rings (SSSR count). The summed E-state index contributed by atoms with van der Waals surface area (Å²) in [4.78, 5) is 24.4. The first-order chi connectivity index (χ1) is 10.5. The van der Waals surface area contributed by atoms with E-state index in [4.69, 9.17) is 0 Å². The number of hydrogen-bond acceptors (Lipinski definition) is 2. The van der Waals surface area contributed by atoms with Gasteiger partial charge in [0.25, 0.3) is 0 Å². The van der Waals surface area contributed by atoms with Gasteiger partial charge in [0.2, 0.25) is 0 Å². The summed E-state index contributed by atoms with van der Waals surface area (Å²) in [7, 11) is 0. The second-order valence-electron chi connectivity index (χ2n) is 7.39. The highest BCUT2D eigenvalue weighted by atomic mass is 16.4. The van der Waals surface area contributed by atoms with E-state index in [1.54, 1.807) is 0 Å². The Bertz CT molecular complexity index is 367. The lowest BCUT2D eigenvalue weighted by molar-refractivity contribution is -0.173. The largest absolute Gasteiger partial charge is 0.481 e. The van der Waals surface area contributed by atoms with E-state index in [0.29, 0.717) is 25.7 Å². The van der Waals surface area contributed by atoms with Crippen LogP contribution in [0.15, 0.2) is 0 Å². The summed E-state index contributed by atoms with van der Waals surface area (Å²) in [5.41, 5.74) is -1.63. The highest BCUT2D eigenvalue weighted by molar-refractivity contribution is 5.80. The summed E-state index contributed by atoms with van der Waals surface area (Å²) < 4.78 is 0. The third kappa shape index (κ3) is 2.89. The third-order valence-electron chi connectivity index (χ3n) is 6.25. The average molecular weight is 310 g/mol. The van der Waals surface area contributed by atoms with Crippen molar-refractivity contribution < 1.29 is 19.8 Å².